The highest BCUT2D eigenvalue weighted by molar-refractivity contribution is 9.10. The van der Waals surface area contributed by atoms with Gasteiger partial charge >= 0.3 is 0 Å². The van der Waals surface area contributed by atoms with E-state index < -0.39 is 0 Å². The van der Waals surface area contributed by atoms with Gasteiger partial charge in [-0.05, 0) is 38.6 Å². The van der Waals surface area contributed by atoms with Gasteiger partial charge in [-0.2, -0.15) is 0 Å². The van der Waals surface area contributed by atoms with Gasteiger partial charge in [0.15, 0.2) is 0 Å². The van der Waals surface area contributed by atoms with E-state index in [0.29, 0.717) is 0 Å². The van der Waals surface area contributed by atoms with Gasteiger partial charge in [0.2, 0.25) is 0 Å². The first-order chi connectivity index (χ1) is 7.97. The molecule has 3 nitrogen and oxygen atoms in total. The molecule has 0 aliphatic rings. The number of nitrogens with zero attached hydrogens (tertiary/aromatic N) is 1. The maximum atomic E-state index is 9.24. The zero-order valence-electron chi connectivity index (χ0n) is 10.6. The molecule has 0 aliphatic heterocycles. The Morgan fingerprint density at radius 3 is 2.24 bits per heavy atom. The maximum absolute atomic E-state index is 9.24. The Labute approximate surface area is 112 Å². The summed E-state index contributed by atoms with van der Waals surface area (Å²) in [7, 11) is 2.00. The second kappa shape index (κ2) is 6.50. The number of likely N-dealkylation sites (N-methyl/N-ethyl adjacent to an activating group) is 1. The lowest BCUT2D eigenvalue weighted by Crippen LogP contribution is -2.43. The van der Waals surface area contributed by atoms with Crippen molar-refractivity contribution in [2.24, 2.45) is 5.73 Å². The first kappa shape index (κ1) is 14.6. The average Bonchev–Trinajstić information content (AvgIpc) is 2.30. The van der Waals surface area contributed by atoms with Crippen LogP contribution in [-0.2, 0) is 0 Å². The van der Waals surface area contributed by atoms with Gasteiger partial charge in [0.25, 0.3) is 0 Å². The molecule has 0 aliphatic carbocycles. The molecule has 4 heteroatoms. The third kappa shape index (κ3) is 3.78. The molecule has 0 fully saturated rings. The summed E-state index contributed by atoms with van der Waals surface area (Å²) < 4.78 is 1.06. The summed E-state index contributed by atoms with van der Waals surface area (Å²) in [5, 5.41) is 9.24. The summed E-state index contributed by atoms with van der Waals surface area (Å²) in [6.07, 6.45) is 0. The molecule has 1 aromatic rings. The lowest BCUT2D eigenvalue weighted by atomic mass is 9.98. The minimum atomic E-state index is 0.00942. The van der Waals surface area contributed by atoms with Gasteiger partial charge in [-0.1, -0.05) is 28.1 Å². The predicted molar refractivity (Wildman–Crippen MR) is 74.8 cm³/mol. The number of halogens is 1. The van der Waals surface area contributed by atoms with Crippen LogP contribution >= 0.6 is 15.9 Å². The quantitative estimate of drug-likeness (QED) is 0.876. The molecule has 17 heavy (non-hydrogen) atoms. The van der Waals surface area contributed by atoms with Gasteiger partial charge in [0.05, 0.1) is 6.61 Å². The number of hydrogen-bond donors (Lipinski definition) is 2. The molecular weight excluding hydrogens is 280 g/mol. The largest absolute Gasteiger partial charge is 0.395 e. The standard InChI is InChI=1S/C13H21BrN2O/c1-9(8-17)16(3)13(10(2)15)11-4-6-12(14)7-5-11/h4-7,9-10,13,17H,8,15H2,1-3H3. The zero-order chi connectivity index (χ0) is 13.0. The summed E-state index contributed by atoms with van der Waals surface area (Å²) in [5.41, 5.74) is 7.24. The summed E-state index contributed by atoms with van der Waals surface area (Å²) in [6, 6.07) is 8.39. The van der Waals surface area contributed by atoms with Crippen LogP contribution in [0.4, 0.5) is 0 Å². The molecule has 1 rings (SSSR count). The third-order valence-electron chi connectivity index (χ3n) is 3.11. The number of aliphatic hydroxyl groups is 1. The fourth-order valence-corrected chi connectivity index (χ4v) is 2.24. The zero-order valence-corrected chi connectivity index (χ0v) is 12.2. The van der Waals surface area contributed by atoms with Crippen LogP contribution in [0.15, 0.2) is 28.7 Å². The predicted octanol–water partition coefficient (Wildman–Crippen LogP) is 2.15. The summed E-state index contributed by atoms with van der Waals surface area (Å²) >= 11 is 3.43. The van der Waals surface area contributed by atoms with Gasteiger partial charge < -0.3 is 10.8 Å². The highest BCUT2D eigenvalue weighted by Gasteiger charge is 2.24. The van der Waals surface area contributed by atoms with Gasteiger partial charge in [0.1, 0.15) is 0 Å². The second-order valence-corrected chi connectivity index (χ2v) is 5.47. The van der Waals surface area contributed by atoms with Crippen molar-refractivity contribution in [3.8, 4) is 0 Å². The smallest absolute Gasteiger partial charge is 0.0584 e. The Kier molecular flexibility index (Phi) is 5.59. The summed E-state index contributed by atoms with van der Waals surface area (Å²) in [4.78, 5) is 2.12. The Bertz CT molecular complexity index is 340. The van der Waals surface area contributed by atoms with Crippen molar-refractivity contribution in [3.05, 3.63) is 34.3 Å². The lowest BCUT2D eigenvalue weighted by Gasteiger charge is -2.35. The van der Waals surface area contributed by atoms with Gasteiger partial charge in [-0.25, -0.2) is 0 Å². The molecule has 0 bridgehead atoms. The van der Waals surface area contributed by atoms with Crippen LogP contribution in [0, 0.1) is 0 Å². The van der Waals surface area contributed by atoms with Crippen LogP contribution in [0.1, 0.15) is 25.5 Å². The Balaban J connectivity index is 2.97. The van der Waals surface area contributed by atoms with Crippen LogP contribution in [0.2, 0.25) is 0 Å². The lowest BCUT2D eigenvalue weighted by molar-refractivity contribution is 0.109. The minimum absolute atomic E-state index is 0.00942. The van der Waals surface area contributed by atoms with Crippen LogP contribution in [0.3, 0.4) is 0 Å². The molecule has 3 atom stereocenters. The minimum Gasteiger partial charge on any atom is -0.395 e. The molecule has 0 heterocycles. The van der Waals surface area contributed by atoms with E-state index in [1.54, 1.807) is 0 Å². The highest BCUT2D eigenvalue weighted by Crippen LogP contribution is 2.25. The Morgan fingerprint density at radius 2 is 1.82 bits per heavy atom. The second-order valence-electron chi connectivity index (χ2n) is 4.55. The molecule has 1 aromatic carbocycles. The third-order valence-corrected chi connectivity index (χ3v) is 3.64. The molecule has 0 radical (unpaired) electrons. The van der Waals surface area contributed by atoms with Crippen molar-refractivity contribution in [1.82, 2.24) is 4.90 Å². The van der Waals surface area contributed by atoms with Crippen molar-refractivity contribution in [3.63, 3.8) is 0 Å². The molecule has 0 saturated heterocycles. The molecular formula is C13H21BrN2O. The number of hydrogen-bond acceptors (Lipinski definition) is 3. The van der Waals surface area contributed by atoms with E-state index in [2.05, 4.69) is 33.0 Å². The molecule has 3 unspecified atom stereocenters. The summed E-state index contributed by atoms with van der Waals surface area (Å²) in [6.45, 7) is 4.12. The SMILES string of the molecule is CC(N)C(c1ccc(Br)cc1)N(C)C(C)CO. The fraction of sp³-hybridized carbons (Fsp3) is 0.538. The van der Waals surface area contributed by atoms with E-state index in [9.17, 15) is 5.11 Å². The highest BCUT2D eigenvalue weighted by atomic mass is 79.9. The molecule has 0 aromatic heterocycles. The van der Waals surface area contributed by atoms with E-state index in [0.717, 1.165) is 4.47 Å². The van der Waals surface area contributed by atoms with Crippen LogP contribution in [0.5, 0.6) is 0 Å². The van der Waals surface area contributed by atoms with Crippen molar-refractivity contribution >= 4 is 15.9 Å². The molecule has 0 amide bonds. The Hall–Kier alpha value is -0.420. The number of nitrogens with two attached hydrogens (primary N) is 1. The first-order valence-corrected chi connectivity index (χ1v) is 6.60. The van der Waals surface area contributed by atoms with E-state index >= 15 is 0 Å². The van der Waals surface area contributed by atoms with E-state index in [-0.39, 0.29) is 24.7 Å². The number of rotatable bonds is 5. The fourth-order valence-electron chi connectivity index (χ4n) is 1.97. The van der Waals surface area contributed by atoms with Crippen LogP contribution < -0.4 is 5.73 Å². The van der Waals surface area contributed by atoms with Crippen LogP contribution in [-0.4, -0.2) is 35.7 Å². The van der Waals surface area contributed by atoms with Gasteiger partial charge in [-0.15, -0.1) is 0 Å². The van der Waals surface area contributed by atoms with E-state index in [1.807, 2.05) is 33.0 Å². The number of aliphatic hydroxyl groups excluding tert-OH is 1. The van der Waals surface area contributed by atoms with Crippen molar-refractivity contribution in [2.45, 2.75) is 32.0 Å². The maximum Gasteiger partial charge on any atom is 0.0584 e. The van der Waals surface area contributed by atoms with Crippen molar-refractivity contribution in [1.29, 1.82) is 0 Å². The molecule has 0 saturated carbocycles. The van der Waals surface area contributed by atoms with E-state index in [1.165, 1.54) is 5.56 Å². The monoisotopic (exact) mass is 300 g/mol. The summed E-state index contributed by atoms with van der Waals surface area (Å²) in [5.74, 6) is 0. The van der Waals surface area contributed by atoms with E-state index in [4.69, 9.17) is 5.73 Å². The first-order valence-electron chi connectivity index (χ1n) is 5.81. The topological polar surface area (TPSA) is 49.5 Å². The van der Waals surface area contributed by atoms with Crippen molar-refractivity contribution < 1.29 is 5.11 Å². The molecule has 0 spiro atoms. The van der Waals surface area contributed by atoms with Crippen molar-refractivity contribution in [2.75, 3.05) is 13.7 Å². The molecule has 3 N–H and O–H groups in total. The van der Waals surface area contributed by atoms with Crippen LogP contribution in [0.25, 0.3) is 0 Å². The van der Waals surface area contributed by atoms with Gasteiger partial charge in [-0.3, -0.25) is 4.90 Å². The van der Waals surface area contributed by atoms with Gasteiger partial charge in [0, 0.05) is 22.6 Å². The number of benzene rings is 1. The Morgan fingerprint density at radius 1 is 1.29 bits per heavy atom. The average molecular weight is 301 g/mol. The molecule has 96 valence electrons. The normalized spacial score (nSPS) is 16.9.